The largest absolute Gasteiger partial charge is 0.435 e. The number of rotatable bonds is 7. The van der Waals surface area contributed by atoms with Crippen molar-refractivity contribution in [1.29, 1.82) is 0 Å². The Labute approximate surface area is 177 Å². The van der Waals surface area contributed by atoms with Crippen molar-refractivity contribution < 1.29 is 18.3 Å². The maximum absolute atomic E-state index is 12.7. The Bertz CT molecular complexity index is 993. The van der Waals surface area contributed by atoms with Gasteiger partial charge in [-0.05, 0) is 24.6 Å². The van der Waals surface area contributed by atoms with Gasteiger partial charge in [-0.2, -0.15) is 8.78 Å². The van der Waals surface area contributed by atoms with Gasteiger partial charge in [-0.15, -0.1) is 10.2 Å². The topological polar surface area (TPSA) is 52.4 Å². The molecule has 0 aliphatic carbocycles. The quantitative estimate of drug-likeness (QED) is 0.519. The first-order chi connectivity index (χ1) is 14.6. The average molecular weight is 432 g/mol. The van der Waals surface area contributed by atoms with E-state index in [0.29, 0.717) is 29.7 Å². The zero-order chi connectivity index (χ0) is 20.9. The molecule has 6 nitrogen and oxygen atoms in total. The first-order valence-corrected chi connectivity index (χ1v) is 10.6. The molecule has 1 aliphatic rings. The normalized spacial score (nSPS) is 14.3. The van der Waals surface area contributed by atoms with Crippen molar-refractivity contribution in [3.8, 4) is 11.4 Å². The number of morpholine rings is 1. The smallest absolute Gasteiger partial charge is 0.387 e. The van der Waals surface area contributed by atoms with Gasteiger partial charge in [0, 0.05) is 24.4 Å². The third-order valence-corrected chi connectivity index (χ3v) is 5.79. The Balaban J connectivity index is 1.66. The Hall–Kier alpha value is -2.65. The van der Waals surface area contributed by atoms with E-state index in [4.69, 9.17) is 4.74 Å². The molecule has 1 fully saturated rings. The van der Waals surface area contributed by atoms with Crippen molar-refractivity contribution >= 4 is 17.7 Å². The summed E-state index contributed by atoms with van der Waals surface area (Å²) in [7, 11) is 0. The molecule has 1 aromatic heterocycles. The highest BCUT2D eigenvalue weighted by molar-refractivity contribution is 7.98. The summed E-state index contributed by atoms with van der Waals surface area (Å²) in [5.74, 6) is 1.36. The van der Waals surface area contributed by atoms with Gasteiger partial charge in [-0.25, -0.2) is 0 Å². The summed E-state index contributed by atoms with van der Waals surface area (Å²) in [4.78, 5) is 2.15. The first kappa shape index (κ1) is 20.6. The summed E-state index contributed by atoms with van der Waals surface area (Å²) in [6, 6.07) is 14.8. The van der Waals surface area contributed by atoms with Gasteiger partial charge in [0.1, 0.15) is 5.75 Å². The monoisotopic (exact) mass is 432 g/mol. The number of para-hydroxylation sites is 2. The molecule has 0 amide bonds. The van der Waals surface area contributed by atoms with Crippen molar-refractivity contribution in [2.45, 2.75) is 24.4 Å². The molecule has 0 atom stereocenters. The van der Waals surface area contributed by atoms with E-state index >= 15 is 0 Å². The minimum absolute atomic E-state index is 0.176. The molecule has 9 heteroatoms. The van der Waals surface area contributed by atoms with E-state index in [1.54, 1.807) is 24.3 Å². The van der Waals surface area contributed by atoms with Crippen LogP contribution in [0.4, 0.5) is 14.7 Å². The molecular formula is C21H22F2N4O2S. The molecule has 0 spiro atoms. The van der Waals surface area contributed by atoms with Gasteiger partial charge in [-0.3, -0.25) is 4.57 Å². The lowest BCUT2D eigenvalue weighted by molar-refractivity contribution is -0.0503. The SMILES string of the molecule is Cc1ccccc1-n1c(SCc2ccccc2OC(F)F)nnc1N1CCOCC1. The molecule has 0 radical (unpaired) electrons. The number of hydrogen-bond donors (Lipinski definition) is 0. The second-order valence-corrected chi connectivity index (χ2v) is 7.72. The molecule has 2 aromatic carbocycles. The Kier molecular flexibility index (Phi) is 6.49. The molecule has 30 heavy (non-hydrogen) atoms. The van der Waals surface area contributed by atoms with Crippen LogP contribution >= 0.6 is 11.8 Å². The lowest BCUT2D eigenvalue weighted by Gasteiger charge is -2.28. The number of nitrogens with zero attached hydrogens (tertiary/aromatic N) is 4. The molecule has 1 saturated heterocycles. The number of benzene rings is 2. The van der Waals surface area contributed by atoms with Crippen LogP contribution in [0.2, 0.25) is 0 Å². The van der Waals surface area contributed by atoms with Crippen molar-refractivity contribution in [2.75, 3.05) is 31.2 Å². The van der Waals surface area contributed by atoms with Gasteiger partial charge in [0.05, 0.1) is 18.9 Å². The maximum atomic E-state index is 12.7. The molecule has 4 rings (SSSR count). The van der Waals surface area contributed by atoms with E-state index in [1.807, 2.05) is 35.8 Å². The number of aromatic nitrogens is 3. The summed E-state index contributed by atoms with van der Waals surface area (Å²) in [5.41, 5.74) is 2.76. The van der Waals surface area contributed by atoms with Crippen LogP contribution in [0.15, 0.2) is 53.7 Å². The molecule has 3 aromatic rings. The van der Waals surface area contributed by atoms with Gasteiger partial charge >= 0.3 is 6.61 Å². The van der Waals surface area contributed by atoms with E-state index in [0.717, 1.165) is 30.3 Å². The van der Waals surface area contributed by atoms with Crippen LogP contribution < -0.4 is 9.64 Å². The highest BCUT2D eigenvalue weighted by Crippen LogP contribution is 2.32. The number of thioether (sulfide) groups is 1. The van der Waals surface area contributed by atoms with Gasteiger partial charge in [-0.1, -0.05) is 48.2 Å². The molecular weight excluding hydrogens is 410 g/mol. The Morgan fingerprint density at radius 2 is 1.80 bits per heavy atom. The number of alkyl halides is 2. The standard InChI is InChI=1S/C21H22F2N4O2S/c1-15-6-2-4-8-17(15)27-20(26-10-12-28-13-11-26)24-25-21(27)30-14-16-7-3-5-9-18(16)29-19(22)23/h2-9,19H,10-14H2,1H3. The van der Waals surface area contributed by atoms with E-state index in [-0.39, 0.29) is 5.75 Å². The second-order valence-electron chi connectivity index (χ2n) is 6.78. The molecule has 0 bridgehead atoms. The van der Waals surface area contributed by atoms with Crippen molar-refractivity contribution in [1.82, 2.24) is 14.8 Å². The van der Waals surface area contributed by atoms with Crippen molar-refractivity contribution in [3.05, 3.63) is 59.7 Å². The minimum Gasteiger partial charge on any atom is -0.435 e. The Morgan fingerprint density at radius 1 is 1.07 bits per heavy atom. The van der Waals surface area contributed by atoms with Gasteiger partial charge in [0.15, 0.2) is 5.16 Å². The number of anilines is 1. The predicted molar refractivity (Wildman–Crippen MR) is 112 cm³/mol. The molecule has 158 valence electrons. The van der Waals surface area contributed by atoms with Crippen LogP contribution in [0.5, 0.6) is 5.75 Å². The second kappa shape index (κ2) is 9.44. The van der Waals surface area contributed by atoms with Crippen LogP contribution in [-0.4, -0.2) is 47.7 Å². The first-order valence-electron chi connectivity index (χ1n) is 9.63. The zero-order valence-corrected chi connectivity index (χ0v) is 17.3. The number of aryl methyl sites for hydroxylation is 1. The van der Waals surface area contributed by atoms with E-state index in [2.05, 4.69) is 19.8 Å². The molecule has 0 saturated carbocycles. The number of ether oxygens (including phenoxy) is 2. The van der Waals surface area contributed by atoms with Crippen LogP contribution in [0.1, 0.15) is 11.1 Å². The van der Waals surface area contributed by atoms with Crippen molar-refractivity contribution in [2.24, 2.45) is 0 Å². The van der Waals surface area contributed by atoms with Crippen LogP contribution in [0.25, 0.3) is 5.69 Å². The fourth-order valence-electron chi connectivity index (χ4n) is 3.33. The summed E-state index contributed by atoms with van der Waals surface area (Å²) in [5, 5.41) is 9.56. The van der Waals surface area contributed by atoms with Crippen LogP contribution in [-0.2, 0) is 10.5 Å². The van der Waals surface area contributed by atoms with E-state index in [1.165, 1.54) is 11.8 Å². The third-order valence-electron chi connectivity index (χ3n) is 4.81. The van der Waals surface area contributed by atoms with E-state index in [9.17, 15) is 8.78 Å². The molecule has 0 N–H and O–H groups in total. The predicted octanol–water partition coefficient (Wildman–Crippen LogP) is 4.31. The summed E-state index contributed by atoms with van der Waals surface area (Å²) >= 11 is 1.44. The van der Waals surface area contributed by atoms with E-state index < -0.39 is 6.61 Å². The lowest BCUT2D eigenvalue weighted by atomic mass is 10.2. The van der Waals surface area contributed by atoms with Gasteiger partial charge < -0.3 is 14.4 Å². The summed E-state index contributed by atoms with van der Waals surface area (Å²) in [6.07, 6.45) is 0. The highest BCUT2D eigenvalue weighted by Gasteiger charge is 2.23. The molecule has 0 unspecified atom stereocenters. The highest BCUT2D eigenvalue weighted by atomic mass is 32.2. The molecule has 1 aliphatic heterocycles. The number of hydrogen-bond acceptors (Lipinski definition) is 6. The average Bonchev–Trinajstić information content (AvgIpc) is 3.17. The minimum atomic E-state index is -2.86. The van der Waals surface area contributed by atoms with Crippen molar-refractivity contribution in [3.63, 3.8) is 0 Å². The van der Waals surface area contributed by atoms with Crippen LogP contribution in [0.3, 0.4) is 0 Å². The van der Waals surface area contributed by atoms with Crippen LogP contribution in [0, 0.1) is 6.92 Å². The third kappa shape index (κ3) is 4.57. The maximum Gasteiger partial charge on any atom is 0.387 e. The summed E-state index contributed by atoms with van der Waals surface area (Å²) in [6.45, 7) is 1.93. The lowest BCUT2D eigenvalue weighted by Crippen LogP contribution is -2.38. The fourth-order valence-corrected chi connectivity index (χ4v) is 4.26. The fraction of sp³-hybridized carbons (Fsp3) is 0.333. The summed E-state index contributed by atoms with van der Waals surface area (Å²) < 4.78 is 37.6. The number of halogens is 2. The molecule has 2 heterocycles. The Morgan fingerprint density at radius 3 is 2.57 bits per heavy atom. The van der Waals surface area contributed by atoms with Gasteiger partial charge in [0.25, 0.3) is 0 Å². The van der Waals surface area contributed by atoms with Gasteiger partial charge in [0.2, 0.25) is 5.95 Å². The zero-order valence-electron chi connectivity index (χ0n) is 16.5.